The van der Waals surface area contributed by atoms with Gasteiger partial charge < -0.3 is 15.0 Å². The maximum Gasteiger partial charge on any atom is 0.194 e. The summed E-state index contributed by atoms with van der Waals surface area (Å²) in [6.07, 6.45) is 2.54. The maximum absolute atomic E-state index is 5.58. The summed E-state index contributed by atoms with van der Waals surface area (Å²) in [7, 11) is 0. The van der Waals surface area contributed by atoms with E-state index in [2.05, 4.69) is 36.2 Å². The molecule has 1 aromatic carbocycles. The monoisotopic (exact) mass is 417 g/mol. The minimum atomic E-state index is 0. The summed E-state index contributed by atoms with van der Waals surface area (Å²) in [4.78, 5) is 7.13. The summed E-state index contributed by atoms with van der Waals surface area (Å²) in [5.41, 5.74) is 2.40. The van der Waals surface area contributed by atoms with Crippen LogP contribution in [0.1, 0.15) is 37.8 Å². The third-order valence-corrected chi connectivity index (χ3v) is 3.69. The standard InChI is InChI=1S/C17H27N3O.HI/c1-4-18-17(20-10-6-7-11-20)19-13-15-8-9-16(21-5-2)14(3)12-15;/h8-9,12H,4-7,10-11,13H2,1-3H3,(H,18,19);1H. The lowest BCUT2D eigenvalue weighted by Crippen LogP contribution is -2.39. The molecule has 0 spiro atoms. The second-order valence-corrected chi connectivity index (χ2v) is 5.40. The van der Waals surface area contributed by atoms with Crippen LogP contribution in [0.2, 0.25) is 0 Å². The highest BCUT2D eigenvalue weighted by molar-refractivity contribution is 14.0. The van der Waals surface area contributed by atoms with Crippen LogP contribution in [0.5, 0.6) is 5.75 Å². The van der Waals surface area contributed by atoms with Crippen molar-refractivity contribution in [2.75, 3.05) is 26.2 Å². The van der Waals surface area contributed by atoms with Crippen LogP contribution in [0.25, 0.3) is 0 Å². The molecule has 1 heterocycles. The number of aliphatic imine (C=N–C) groups is 1. The Morgan fingerprint density at radius 1 is 1.27 bits per heavy atom. The summed E-state index contributed by atoms with van der Waals surface area (Å²) in [6.45, 7) is 10.8. The van der Waals surface area contributed by atoms with Crippen LogP contribution < -0.4 is 10.1 Å². The molecule has 2 rings (SSSR count). The molecule has 0 unspecified atom stereocenters. The van der Waals surface area contributed by atoms with Crippen LogP contribution in [-0.4, -0.2) is 37.1 Å². The summed E-state index contributed by atoms with van der Waals surface area (Å²) in [5.74, 6) is 2.01. The summed E-state index contributed by atoms with van der Waals surface area (Å²) in [5, 5.41) is 3.39. The largest absolute Gasteiger partial charge is 0.494 e. The van der Waals surface area contributed by atoms with Crippen molar-refractivity contribution in [3.8, 4) is 5.75 Å². The van der Waals surface area contributed by atoms with Crippen molar-refractivity contribution in [3.05, 3.63) is 29.3 Å². The van der Waals surface area contributed by atoms with E-state index in [1.807, 2.05) is 13.0 Å². The lowest BCUT2D eigenvalue weighted by molar-refractivity contribution is 0.338. The van der Waals surface area contributed by atoms with Crippen LogP contribution in [0.3, 0.4) is 0 Å². The molecule has 1 aliphatic heterocycles. The zero-order valence-electron chi connectivity index (χ0n) is 13.9. The number of nitrogens with one attached hydrogen (secondary N) is 1. The molecule has 0 aliphatic carbocycles. The molecule has 5 heteroatoms. The quantitative estimate of drug-likeness (QED) is 0.452. The highest BCUT2D eigenvalue weighted by Crippen LogP contribution is 2.19. The number of ether oxygens (including phenoxy) is 1. The van der Waals surface area contributed by atoms with Gasteiger partial charge in [0.15, 0.2) is 5.96 Å². The first-order valence-corrected chi connectivity index (χ1v) is 8.00. The average molecular weight is 417 g/mol. The average Bonchev–Trinajstić information content (AvgIpc) is 3.00. The van der Waals surface area contributed by atoms with Crippen LogP contribution in [0.15, 0.2) is 23.2 Å². The fourth-order valence-corrected chi connectivity index (χ4v) is 2.65. The van der Waals surface area contributed by atoms with E-state index in [-0.39, 0.29) is 24.0 Å². The van der Waals surface area contributed by atoms with E-state index in [4.69, 9.17) is 9.73 Å². The lowest BCUT2D eigenvalue weighted by atomic mass is 10.1. The van der Waals surface area contributed by atoms with Gasteiger partial charge in [0.05, 0.1) is 13.2 Å². The molecule has 1 fully saturated rings. The van der Waals surface area contributed by atoms with E-state index >= 15 is 0 Å². The number of hydrogen-bond acceptors (Lipinski definition) is 2. The molecule has 1 saturated heterocycles. The van der Waals surface area contributed by atoms with Gasteiger partial charge in [0.25, 0.3) is 0 Å². The van der Waals surface area contributed by atoms with Crippen molar-refractivity contribution < 1.29 is 4.74 Å². The molecule has 0 aromatic heterocycles. The van der Waals surface area contributed by atoms with Gasteiger partial charge >= 0.3 is 0 Å². The molecule has 124 valence electrons. The molecule has 22 heavy (non-hydrogen) atoms. The second kappa shape index (κ2) is 9.92. The van der Waals surface area contributed by atoms with Crippen LogP contribution in [0.4, 0.5) is 0 Å². The highest BCUT2D eigenvalue weighted by Gasteiger charge is 2.15. The molecule has 0 saturated carbocycles. The van der Waals surface area contributed by atoms with Crippen LogP contribution >= 0.6 is 24.0 Å². The van der Waals surface area contributed by atoms with Gasteiger partial charge in [0.1, 0.15) is 5.75 Å². The molecule has 0 radical (unpaired) electrons. The Bertz CT molecular complexity index is 485. The summed E-state index contributed by atoms with van der Waals surface area (Å²) in [6, 6.07) is 6.32. The third kappa shape index (κ3) is 5.34. The minimum absolute atomic E-state index is 0. The highest BCUT2D eigenvalue weighted by atomic mass is 127. The number of hydrogen-bond donors (Lipinski definition) is 1. The van der Waals surface area contributed by atoms with Crippen molar-refractivity contribution >= 4 is 29.9 Å². The first-order chi connectivity index (χ1) is 10.2. The maximum atomic E-state index is 5.58. The van der Waals surface area contributed by atoms with E-state index in [0.717, 1.165) is 31.3 Å². The van der Waals surface area contributed by atoms with Crippen molar-refractivity contribution in [2.45, 2.75) is 40.2 Å². The predicted molar refractivity (Wildman–Crippen MR) is 103 cm³/mol. The van der Waals surface area contributed by atoms with Crippen molar-refractivity contribution in [1.29, 1.82) is 0 Å². The Morgan fingerprint density at radius 3 is 2.59 bits per heavy atom. The Labute approximate surface area is 151 Å². The number of nitrogens with zero attached hydrogens (tertiary/aromatic N) is 2. The topological polar surface area (TPSA) is 36.9 Å². The fourth-order valence-electron chi connectivity index (χ4n) is 2.65. The molecular formula is C17H28IN3O. The SMILES string of the molecule is CCNC(=NCc1ccc(OCC)c(C)c1)N1CCCC1.I. The summed E-state index contributed by atoms with van der Waals surface area (Å²) >= 11 is 0. The van der Waals surface area contributed by atoms with Crippen molar-refractivity contribution in [2.24, 2.45) is 4.99 Å². The first kappa shape index (κ1) is 19.1. The normalized spacial score (nSPS) is 14.7. The zero-order valence-corrected chi connectivity index (χ0v) is 16.2. The lowest BCUT2D eigenvalue weighted by Gasteiger charge is -2.20. The van der Waals surface area contributed by atoms with Gasteiger partial charge in [-0.3, -0.25) is 0 Å². The number of benzene rings is 1. The Hall–Kier alpha value is -0.980. The number of guanidine groups is 1. The second-order valence-electron chi connectivity index (χ2n) is 5.40. The Kier molecular flexibility index (Phi) is 8.60. The fraction of sp³-hybridized carbons (Fsp3) is 0.588. The molecule has 0 bridgehead atoms. The molecule has 4 nitrogen and oxygen atoms in total. The van der Waals surface area contributed by atoms with Crippen molar-refractivity contribution in [1.82, 2.24) is 10.2 Å². The van der Waals surface area contributed by atoms with Crippen LogP contribution in [-0.2, 0) is 6.54 Å². The number of likely N-dealkylation sites (tertiary alicyclic amines) is 1. The van der Waals surface area contributed by atoms with Gasteiger partial charge in [-0.05, 0) is 50.8 Å². The molecule has 1 aromatic rings. The van der Waals surface area contributed by atoms with Gasteiger partial charge in [0.2, 0.25) is 0 Å². The first-order valence-electron chi connectivity index (χ1n) is 8.00. The predicted octanol–water partition coefficient (Wildman–Crippen LogP) is 3.57. The molecular weight excluding hydrogens is 389 g/mol. The van der Waals surface area contributed by atoms with E-state index in [1.54, 1.807) is 0 Å². The Balaban J connectivity index is 0.00000242. The zero-order chi connectivity index (χ0) is 15.1. The van der Waals surface area contributed by atoms with Crippen LogP contribution in [0, 0.1) is 6.92 Å². The third-order valence-electron chi connectivity index (χ3n) is 3.69. The number of halogens is 1. The minimum Gasteiger partial charge on any atom is -0.494 e. The van der Waals surface area contributed by atoms with Gasteiger partial charge in [-0.25, -0.2) is 4.99 Å². The van der Waals surface area contributed by atoms with E-state index in [9.17, 15) is 0 Å². The van der Waals surface area contributed by atoms with Gasteiger partial charge in [-0.1, -0.05) is 12.1 Å². The molecule has 0 atom stereocenters. The van der Waals surface area contributed by atoms with Gasteiger partial charge in [-0.2, -0.15) is 0 Å². The smallest absolute Gasteiger partial charge is 0.194 e. The van der Waals surface area contributed by atoms with E-state index in [0.29, 0.717) is 13.2 Å². The molecule has 0 amide bonds. The Morgan fingerprint density at radius 2 is 2.00 bits per heavy atom. The van der Waals surface area contributed by atoms with Gasteiger partial charge in [0, 0.05) is 19.6 Å². The molecule has 1 N–H and O–H groups in total. The molecule has 1 aliphatic rings. The van der Waals surface area contributed by atoms with Gasteiger partial charge in [-0.15, -0.1) is 24.0 Å². The summed E-state index contributed by atoms with van der Waals surface area (Å²) < 4.78 is 5.58. The van der Waals surface area contributed by atoms with E-state index in [1.165, 1.54) is 24.0 Å². The number of rotatable bonds is 5. The number of aryl methyl sites for hydroxylation is 1. The van der Waals surface area contributed by atoms with E-state index < -0.39 is 0 Å². The van der Waals surface area contributed by atoms with Crippen molar-refractivity contribution in [3.63, 3.8) is 0 Å².